The van der Waals surface area contributed by atoms with Crippen molar-refractivity contribution in [1.29, 1.82) is 0 Å². The van der Waals surface area contributed by atoms with E-state index in [9.17, 15) is 0 Å². The predicted molar refractivity (Wildman–Crippen MR) is 62.1 cm³/mol. The minimum Gasteiger partial charge on any atom is -0.383 e. The van der Waals surface area contributed by atoms with Gasteiger partial charge in [-0.1, -0.05) is 19.1 Å². The summed E-state index contributed by atoms with van der Waals surface area (Å²) in [7, 11) is 0. The van der Waals surface area contributed by atoms with Crippen LogP contribution in [-0.4, -0.2) is 12.0 Å². The minimum absolute atomic E-state index is 0. The molecule has 0 radical (unpaired) electrons. The lowest BCUT2D eigenvalue weighted by molar-refractivity contribution is 0.724. The van der Waals surface area contributed by atoms with Gasteiger partial charge in [0.1, 0.15) is 12.0 Å². The molecule has 1 heterocycles. The van der Waals surface area contributed by atoms with E-state index in [1.165, 1.54) is 0 Å². The number of benzene rings is 1. The highest BCUT2D eigenvalue weighted by molar-refractivity contribution is 6.03. The van der Waals surface area contributed by atoms with Gasteiger partial charge >= 0.3 is 0 Å². The van der Waals surface area contributed by atoms with Gasteiger partial charge in [0.05, 0.1) is 0 Å². The van der Waals surface area contributed by atoms with Crippen LogP contribution >= 0.6 is 12.4 Å². The van der Waals surface area contributed by atoms with Gasteiger partial charge in [0.2, 0.25) is 0 Å². The molecule has 0 aromatic heterocycles. The second-order valence-corrected chi connectivity index (χ2v) is 3.13. The quantitative estimate of drug-likeness (QED) is 0.747. The molecule has 0 amide bonds. The zero-order chi connectivity index (χ0) is 9.26. The fourth-order valence-electron chi connectivity index (χ4n) is 1.47. The van der Waals surface area contributed by atoms with E-state index in [1.54, 1.807) is 0 Å². The number of para-hydroxylation sites is 1. The summed E-state index contributed by atoms with van der Waals surface area (Å²) >= 11 is 0. The first kappa shape index (κ1) is 10.9. The third-order valence-corrected chi connectivity index (χ3v) is 2.21. The molecule has 3 nitrogen and oxygen atoms in total. The van der Waals surface area contributed by atoms with Crippen LogP contribution in [0.5, 0.6) is 0 Å². The first-order valence-corrected chi connectivity index (χ1v) is 4.50. The largest absolute Gasteiger partial charge is 0.383 e. The molecule has 1 atom stereocenters. The maximum atomic E-state index is 5.82. The van der Waals surface area contributed by atoms with Gasteiger partial charge in [-0.25, -0.2) is 4.99 Å². The number of amidine groups is 1. The zero-order valence-corrected chi connectivity index (χ0v) is 8.84. The van der Waals surface area contributed by atoms with E-state index in [-0.39, 0.29) is 18.6 Å². The van der Waals surface area contributed by atoms with Crippen molar-refractivity contribution in [2.24, 2.45) is 10.7 Å². The number of hydrogen-bond acceptors (Lipinski definition) is 3. The van der Waals surface area contributed by atoms with Crippen LogP contribution in [-0.2, 0) is 0 Å². The monoisotopic (exact) mass is 211 g/mol. The van der Waals surface area contributed by atoms with Crippen molar-refractivity contribution in [2.45, 2.75) is 19.5 Å². The van der Waals surface area contributed by atoms with Gasteiger partial charge < -0.3 is 11.1 Å². The molecule has 2 rings (SSSR count). The topological polar surface area (TPSA) is 50.4 Å². The average molecular weight is 212 g/mol. The molecule has 1 aromatic carbocycles. The molecule has 4 heteroatoms. The molecule has 14 heavy (non-hydrogen) atoms. The highest BCUT2D eigenvalue weighted by atomic mass is 35.5. The van der Waals surface area contributed by atoms with Crippen LogP contribution < -0.4 is 11.1 Å². The fourth-order valence-corrected chi connectivity index (χ4v) is 1.47. The third-order valence-electron chi connectivity index (χ3n) is 2.21. The van der Waals surface area contributed by atoms with Crippen LogP contribution in [0, 0.1) is 0 Å². The molecule has 76 valence electrons. The van der Waals surface area contributed by atoms with Gasteiger partial charge in [0.25, 0.3) is 0 Å². The Morgan fingerprint density at radius 1 is 1.43 bits per heavy atom. The lowest BCUT2D eigenvalue weighted by Crippen LogP contribution is -2.29. The van der Waals surface area contributed by atoms with Crippen molar-refractivity contribution in [1.82, 2.24) is 0 Å². The number of fused-ring (bicyclic) bond motifs is 1. The summed E-state index contributed by atoms with van der Waals surface area (Å²) in [6, 6.07) is 7.97. The number of aliphatic imine (C=N–C) groups is 1. The maximum absolute atomic E-state index is 5.82. The lowest BCUT2D eigenvalue weighted by atomic mass is 10.1. The lowest BCUT2D eigenvalue weighted by Gasteiger charge is -2.22. The molecule has 0 bridgehead atoms. The molecule has 1 unspecified atom stereocenters. The molecular formula is C10H14ClN3. The summed E-state index contributed by atoms with van der Waals surface area (Å²) in [6.07, 6.45) is 1.09. The van der Waals surface area contributed by atoms with Crippen molar-refractivity contribution in [3.05, 3.63) is 29.8 Å². The summed E-state index contributed by atoms with van der Waals surface area (Å²) < 4.78 is 0. The van der Waals surface area contributed by atoms with E-state index < -0.39 is 0 Å². The molecule has 0 fully saturated rings. The zero-order valence-electron chi connectivity index (χ0n) is 8.03. The van der Waals surface area contributed by atoms with E-state index in [1.807, 2.05) is 24.3 Å². The highest BCUT2D eigenvalue weighted by Gasteiger charge is 2.15. The fraction of sp³-hybridized carbons (Fsp3) is 0.300. The van der Waals surface area contributed by atoms with E-state index in [4.69, 9.17) is 5.73 Å². The normalized spacial score (nSPS) is 18.6. The number of anilines is 1. The third kappa shape index (κ3) is 1.82. The number of nitrogens with zero attached hydrogens (tertiary/aromatic N) is 1. The summed E-state index contributed by atoms with van der Waals surface area (Å²) in [4.78, 5) is 4.33. The number of nitrogens with one attached hydrogen (secondary N) is 1. The molecule has 1 aliphatic rings. The first-order chi connectivity index (χ1) is 6.31. The van der Waals surface area contributed by atoms with Crippen molar-refractivity contribution in [3.8, 4) is 0 Å². The van der Waals surface area contributed by atoms with Crippen LogP contribution in [0.15, 0.2) is 29.3 Å². The molecule has 3 N–H and O–H groups in total. The van der Waals surface area contributed by atoms with Gasteiger partial charge in [0.15, 0.2) is 0 Å². The summed E-state index contributed by atoms with van der Waals surface area (Å²) in [6.45, 7) is 2.09. The van der Waals surface area contributed by atoms with Crippen molar-refractivity contribution in [2.75, 3.05) is 5.32 Å². The van der Waals surface area contributed by atoms with Crippen LogP contribution in [0.2, 0.25) is 0 Å². The standard InChI is InChI=1S/C10H13N3.ClH/c1-2-9-12-8-6-4-3-5-7(8)10(11)13-9;/h3-6,9,12H,2H2,1H3,(H2,11,13);1H. The number of halogens is 1. The molecule has 0 saturated heterocycles. The van der Waals surface area contributed by atoms with Gasteiger partial charge in [-0.2, -0.15) is 0 Å². The molecule has 0 aliphatic carbocycles. The molecular weight excluding hydrogens is 198 g/mol. The summed E-state index contributed by atoms with van der Waals surface area (Å²) in [5.41, 5.74) is 7.91. The van der Waals surface area contributed by atoms with Gasteiger partial charge in [0, 0.05) is 11.3 Å². The van der Waals surface area contributed by atoms with Crippen LogP contribution in [0.25, 0.3) is 0 Å². The molecule has 1 aromatic rings. The van der Waals surface area contributed by atoms with Gasteiger partial charge in [-0.3, -0.25) is 0 Å². The van der Waals surface area contributed by atoms with Crippen molar-refractivity contribution >= 4 is 23.9 Å². The van der Waals surface area contributed by atoms with Crippen LogP contribution in [0.4, 0.5) is 5.69 Å². The maximum Gasteiger partial charge on any atom is 0.130 e. The van der Waals surface area contributed by atoms with Crippen LogP contribution in [0.1, 0.15) is 18.9 Å². The SMILES string of the molecule is CCC1N=C(N)c2ccccc2N1.Cl. The summed E-state index contributed by atoms with van der Waals surface area (Å²) in [5, 5.41) is 3.31. The minimum atomic E-state index is 0. The second kappa shape index (κ2) is 4.33. The Hall–Kier alpha value is -1.22. The van der Waals surface area contributed by atoms with E-state index >= 15 is 0 Å². The Balaban J connectivity index is 0.000000980. The highest BCUT2D eigenvalue weighted by Crippen LogP contribution is 2.21. The Morgan fingerprint density at radius 3 is 2.86 bits per heavy atom. The molecule has 0 saturated carbocycles. The first-order valence-electron chi connectivity index (χ1n) is 4.50. The van der Waals surface area contributed by atoms with E-state index in [0.717, 1.165) is 17.7 Å². The summed E-state index contributed by atoms with van der Waals surface area (Å²) in [5.74, 6) is 0.640. The average Bonchev–Trinajstić information content (AvgIpc) is 2.18. The van der Waals surface area contributed by atoms with E-state index in [2.05, 4.69) is 17.2 Å². The number of hydrogen-bond donors (Lipinski definition) is 2. The van der Waals surface area contributed by atoms with E-state index in [0.29, 0.717) is 5.84 Å². The second-order valence-electron chi connectivity index (χ2n) is 3.13. The Bertz CT molecular complexity index is 349. The van der Waals surface area contributed by atoms with Crippen molar-refractivity contribution < 1.29 is 0 Å². The predicted octanol–water partition coefficient (Wildman–Crippen LogP) is 1.98. The Morgan fingerprint density at radius 2 is 2.14 bits per heavy atom. The van der Waals surface area contributed by atoms with Gasteiger partial charge in [-0.05, 0) is 18.6 Å². The van der Waals surface area contributed by atoms with Gasteiger partial charge in [-0.15, -0.1) is 12.4 Å². The number of nitrogens with two attached hydrogens (primary N) is 1. The van der Waals surface area contributed by atoms with Crippen LogP contribution in [0.3, 0.4) is 0 Å². The smallest absolute Gasteiger partial charge is 0.130 e. The molecule has 1 aliphatic heterocycles. The Labute approximate surface area is 89.8 Å². The molecule has 0 spiro atoms. The van der Waals surface area contributed by atoms with Crippen molar-refractivity contribution in [3.63, 3.8) is 0 Å². The Kier molecular flexibility index (Phi) is 3.36. The number of rotatable bonds is 1.